The van der Waals surface area contributed by atoms with Crippen LogP contribution >= 0.6 is 0 Å². The minimum atomic E-state index is -0.433. The van der Waals surface area contributed by atoms with E-state index in [2.05, 4.69) is 17.4 Å². The first-order valence-corrected chi connectivity index (χ1v) is 8.00. The highest BCUT2D eigenvalue weighted by Crippen LogP contribution is 2.15. The van der Waals surface area contributed by atoms with E-state index in [9.17, 15) is 14.4 Å². The minimum absolute atomic E-state index is 0.280. The van der Waals surface area contributed by atoms with E-state index in [1.54, 1.807) is 7.05 Å². The Hall–Kier alpha value is -2.89. The summed E-state index contributed by atoms with van der Waals surface area (Å²) in [6.07, 6.45) is 4.15. The highest BCUT2D eigenvalue weighted by Gasteiger charge is 2.07. The summed E-state index contributed by atoms with van der Waals surface area (Å²) in [6.45, 7) is 6.50. The molecule has 1 N–H and O–H groups in total. The van der Waals surface area contributed by atoms with E-state index < -0.39 is 11.2 Å². The van der Waals surface area contributed by atoms with Gasteiger partial charge in [-0.1, -0.05) is 17.7 Å². The third kappa shape index (κ3) is 4.15. The summed E-state index contributed by atoms with van der Waals surface area (Å²) in [4.78, 5) is 35.7. The molecule has 0 aliphatic heterocycles. The molecule has 1 aromatic heterocycles. The minimum Gasteiger partial charge on any atom is -0.348 e. The molecule has 0 spiro atoms. The van der Waals surface area contributed by atoms with E-state index in [-0.39, 0.29) is 11.5 Å². The van der Waals surface area contributed by atoms with E-state index in [1.165, 1.54) is 35.5 Å². The molecule has 0 atom stereocenters. The van der Waals surface area contributed by atoms with Crippen molar-refractivity contribution in [1.29, 1.82) is 0 Å². The first kappa shape index (κ1) is 18.4. The van der Waals surface area contributed by atoms with Crippen LogP contribution in [-0.2, 0) is 25.4 Å². The number of benzene rings is 1. The first-order valence-electron chi connectivity index (χ1n) is 8.00. The van der Waals surface area contributed by atoms with Crippen molar-refractivity contribution in [3.05, 3.63) is 73.1 Å². The van der Waals surface area contributed by atoms with Crippen LogP contribution in [0.25, 0.3) is 6.08 Å². The Morgan fingerprint density at radius 1 is 1.12 bits per heavy atom. The summed E-state index contributed by atoms with van der Waals surface area (Å²) >= 11 is 0. The molecular weight excluding hydrogens is 318 g/mol. The van der Waals surface area contributed by atoms with Crippen molar-refractivity contribution < 1.29 is 4.79 Å². The second-order valence-electron chi connectivity index (χ2n) is 6.27. The van der Waals surface area contributed by atoms with Gasteiger partial charge in [-0.2, -0.15) is 0 Å². The second-order valence-corrected chi connectivity index (χ2v) is 6.27. The summed E-state index contributed by atoms with van der Waals surface area (Å²) in [5, 5.41) is 2.83. The summed E-state index contributed by atoms with van der Waals surface area (Å²) in [7, 11) is 2.97. The molecule has 2 aromatic rings. The zero-order valence-electron chi connectivity index (χ0n) is 15.2. The van der Waals surface area contributed by atoms with Crippen LogP contribution in [0.2, 0.25) is 0 Å². The van der Waals surface area contributed by atoms with Crippen LogP contribution in [0.5, 0.6) is 0 Å². The van der Waals surface area contributed by atoms with Gasteiger partial charge in [-0.3, -0.25) is 14.2 Å². The SMILES string of the molecule is Cc1cc(C)c(CNC(=O)/C=C/c2cn(C)c(=O)n(C)c2=O)c(C)c1. The van der Waals surface area contributed by atoms with Gasteiger partial charge in [-0.05, 0) is 43.5 Å². The maximum atomic E-state index is 12.1. The van der Waals surface area contributed by atoms with E-state index in [4.69, 9.17) is 0 Å². The fourth-order valence-electron chi connectivity index (χ4n) is 2.84. The van der Waals surface area contributed by atoms with Gasteiger partial charge in [0.1, 0.15) is 0 Å². The van der Waals surface area contributed by atoms with Crippen molar-refractivity contribution in [2.75, 3.05) is 0 Å². The Bertz CT molecular complexity index is 942. The van der Waals surface area contributed by atoms with Crippen molar-refractivity contribution in [3.8, 4) is 0 Å². The number of aryl methyl sites for hydroxylation is 4. The predicted octanol–water partition coefficient (Wildman–Crippen LogP) is 1.34. The number of nitrogens with one attached hydrogen (secondary N) is 1. The molecule has 0 fully saturated rings. The average Bonchev–Trinajstić information content (AvgIpc) is 2.54. The third-order valence-corrected chi connectivity index (χ3v) is 4.17. The van der Waals surface area contributed by atoms with Crippen LogP contribution in [0.1, 0.15) is 27.8 Å². The molecule has 0 bridgehead atoms. The molecule has 0 aliphatic carbocycles. The monoisotopic (exact) mass is 341 g/mol. The van der Waals surface area contributed by atoms with Gasteiger partial charge in [-0.25, -0.2) is 4.79 Å². The zero-order chi connectivity index (χ0) is 18.7. The van der Waals surface area contributed by atoms with Crippen molar-refractivity contribution in [2.24, 2.45) is 14.1 Å². The number of rotatable bonds is 4. The highest BCUT2D eigenvalue weighted by molar-refractivity contribution is 5.91. The second kappa shape index (κ2) is 7.34. The maximum Gasteiger partial charge on any atom is 0.330 e. The van der Waals surface area contributed by atoms with Gasteiger partial charge in [0.2, 0.25) is 5.91 Å². The lowest BCUT2D eigenvalue weighted by Gasteiger charge is -2.11. The van der Waals surface area contributed by atoms with Crippen LogP contribution in [0.4, 0.5) is 0 Å². The van der Waals surface area contributed by atoms with Gasteiger partial charge in [0.05, 0.1) is 5.56 Å². The fourth-order valence-corrected chi connectivity index (χ4v) is 2.84. The first-order chi connectivity index (χ1) is 11.7. The molecule has 6 heteroatoms. The molecule has 0 saturated heterocycles. The number of hydrogen-bond donors (Lipinski definition) is 1. The standard InChI is InChI=1S/C19H23N3O3/c1-12-8-13(2)16(14(3)9-12)10-20-17(23)7-6-15-11-21(4)19(25)22(5)18(15)24/h6-9,11H,10H2,1-5H3,(H,20,23)/b7-6+. The quantitative estimate of drug-likeness (QED) is 0.853. The number of hydrogen-bond acceptors (Lipinski definition) is 3. The largest absolute Gasteiger partial charge is 0.348 e. The van der Waals surface area contributed by atoms with Gasteiger partial charge in [0.25, 0.3) is 5.56 Å². The Morgan fingerprint density at radius 2 is 1.72 bits per heavy atom. The van der Waals surface area contributed by atoms with E-state index in [0.717, 1.165) is 21.3 Å². The molecule has 1 amide bonds. The number of amides is 1. The smallest absolute Gasteiger partial charge is 0.330 e. The number of carbonyl (C=O) groups is 1. The Balaban J connectivity index is 2.13. The molecule has 2 rings (SSSR count). The highest BCUT2D eigenvalue weighted by atomic mass is 16.2. The van der Waals surface area contributed by atoms with Gasteiger partial charge >= 0.3 is 5.69 Å². The predicted molar refractivity (Wildman–Crippen MR) is 98.5 cm³/mol. The summed E-state index contributed by atoms with van der Waals surface area (Å²) in [6, 6.07) is 4.16. The molecule has 0 saturated carbocycles. The maximum absolute atomic E-state index is 12.1. The summed E-state index contributed by atoms with van der Waals surface area (Å²) < 4.78 is 2.31. The fraction of sp³-hybridized carbons (Fsp3) is 0.316. The van der Waals surface area contributed by atoms with Crippen LogP contribution in [0, 0.1) is 20.8 Å². The van der Waals surface area contributed by atoms with Crippen molar-refractivity contribution in [1.82, 2.24) is 14.5 Å². The Kier molecular flexibility index (Phi) is 5.41. The van der Waals surface area contributed by atoms with Crippen molar-refractivity contribution in [3.63, 3.8) is 0 Å². The Morgan fingerprint density at radius 3 is 2.32 bits per heavy atom. The molecule has 25 heavy (non-hydrogen) atoms. The topological polar surface area (TPSA) is 73.1 Å². The summed E-state index contributed by atoms with van der Waals surface area (Å²) in [5.74, 6) is -0.296. The lowest BCUT2D eigenvalue weighted by atomic mass is 10.00. The average molecular weight is 341 g/mol. The van der Waals surface area contributed by atoms with Crippen LogP contribution < -0.4 is 16.6 Å². The van der Waals surface area contributed by atoms with Gasteiger partial charge in [-0.15, -0.1) is 0 Å². The zero-order valence-corrected chi connectivity index (χ0v) is 15.2. The molecule has 1 aromatic carbocycles. The molecule has 0 aliphatic rings. The van der Waals surface area contributed by atoms with Crippen LogP contribution in [0.15, 0.2) is 34.0 Å². The molecule has 0 radical (unpaired) electrons. The van der Waals surface area contributed by atoms with Gasteiger partial charge in [0.15, 0.2) is 0 Å². The Labute approximate surface area is 146 Å². The number of carbonyl (C=O) groups excluding carboxylic acids is 1. The van der Waals surface area contributed by atoms with Crippen LogP contribution in [-0.4, -0.2) is 15.0 Å². The van der Waals surface area contributed by atoms with Crippen molar-refractivity contribution in [2.45, 2.75) is 27.3 Å². The summed E-state index contributed by atoms with van der Waals surface area (Å²) in [5.41, 5.74) is 3.99. The normalized spacial score (nSPS) is 11.1. The van der Waals surface area contributed by atoms with Crippen LogP contribution in [0.3, 0.4) is 0 Å². The lowest BCUT2D eigenvalue weighted by molar-refractivity contribution is -0.116. The molecule has 132 valence electrons. The molecule has 0 unspecified atom stereocenters. The van der Waals surface area contributed by atoms with E-state index in [1.807, 2.05) is 20.8 Å². The molecule has 1 heterocycles. The van der Waals surface area contributed by atoms with Gasteiger partial charge < -0.3 is 9.88 Å². The third-order valence-electron chi connectivity index (χ3n) is 4.17. The molecular formula is C19H23N3O3. The van der Waals surface area contributed by atoms with Gasteiger partial charge in [0, 0.05) is 32.9 Å². The lowest BCUT2D eigenvalue weighted by Crippen LogP contribution is -2.37. The van der Waals surface area contributed by atoms with Crippen molar-refractivity contribution >= 4 is 12.0 Å². The number of aromatic nitrogens is 2. The van der Waals surface area contributed by atoms with E-state index in [0.29, 0.717) is 6.54 Å². The van der Waals surface area contributed by atoms with E-state index >= 15 is 0 Å². The molecule has 6 nitrogen and oxygen atoms in total. The number of nitrogens with zero attached hydrogens (tertiary/aromatic N) is 2.